The molecule has 0 fully saturated rings. The zero-order chi connectivity index (χ0) is 21.8. The Morgan fingerprint density at radius 1 is 1.13 bits per heavy atom. The van der Waals surface area contributed by atoms with Gasteiger partial charge in [0, 0.05) is 13.0 Å². The largest absolute Gasteiger partial charge is 0.481 e. The minimum Gasteiger partial charge on any atom is -0.481 e. The molecule has 2 aromatic carbocycles. The number of carbonyl (C=O) groups is 2. The normalized spacial score (nSPS) is 11.9. The quantitative estimate of drug-likeness (QED) is 0.453. The van der Waals surface area contributed by atoms with Crippen molar-refractivity contribution < 1.29 is 14.3 Å². The van der Waals surface area contributed by atoms with E-state index in [9.17, 15) is 14.4 Å². The van der Waals surface area contributed by atoms with Crippen LogP contribution < -0.4 is 21.1 Å². The standard InChI is InChI=1S/C22H20N4O4S/c1-14(30-17-7-6-15-4-2-3-5-16(15)12-17)20(28)25-24-19(27)8-10-26-13-23-21-18(22(26)29)9-11-31-21/h2-7,9,11-14H,8,10H2,1H3,(H,24,27)(H,25,28). The van der Waals surface area contributed by atoms with Crippen molar-refractivity contribution in [1.29, 1.82) is 0 Å². The molecule has 158 valence electrons. The Hall–Kier alpha value is -3.72. The van der Waals surface area contributed by atoms with Gasteiger partial charge in [-0.05, 0) is 41.3 Å². The molecule has 0 saturated carbocycles. The van der Waals surface area contributed by atoms with Gasteiger partial charge >= 0.3 is 0 Å². The number of hydrogen-bond acceptors (Lipinski definition) is 6. The SMILES string of the molecule is CC(Oc1ccc2ccccc2c1)C(=O)NNC(=O)CCn1cnc2sccc2c1=O. The first kappa shape index (κ1) is 20.5. The third kappa shape index (κ3) is 4.72. The third-order valence-electron chi connectivity index (χ3n) is 4.76. The highest BCUT2D eigenvalue weighted by molar-refractivity contribution is 7.16. The van der Waals surface area contributed by atoms with E-state index in [0.717, 1.165) is 10.8 Å². The Morgan fingerprint density at radius 3 is 2.77 bits per heavy atom. The molecule has 0 aliphatic carbocycles. The number of thiophene rings is 1. The molecule has 2 amide bonds. The fourth-order valence-electron chi connectivity index (χ4n) is 3.07. The molecule has 0 spiro atoms. The van der Waals surface area contributed by atoms with Gasteiger partial charge in [-0.2, -0.15) is 0 Å². The van der Waals surface area contributed by atoms with Gasteiger partial charge in [-0.25, -0.2) is 4.98 Å². The van der Waals surface area contributed by atoms with Crippen molar-refractivity contribution in [2.75, 3.05) is 0 Å². The number of hydrazine groups is 1. The van der Waals surface area contributed by atoms with E-state index >= 15 is 0 Å². The number of benzene rings is 2. The number of carbonyl (C=O) groups excluding carboxylic acids is 2. The van der Waals surface area contributed by atoms with E-state index in [4.69, 9.17) is 4.74 Å². The molecule has 9 heteroatoms. The van der Waals surface area contributed by atoms with Gasteiger partial charge in [0.05, 0.1) is 11.7 Å². The van der Waals surface area contributed by atoms with E-state index in [1.165, 1.54) is 22.2 Å². The second-order valence-corrected chi connectivity index (χ2v) is 7.83. The van der Waals surface area contributed by atoms with Crippen LogP contribution in [0.25, 0.3) is 21.0 Å². The van der Waals surface area contributed by atoms with Gasteiger partial charge in [-0.15, -0.1) is 11.3 Å². The number of hydrogen-bond donors (Lipinski definition) is 2. The van der Waals surface area contributed by atoms with Crippen molar-refractivity contribution in [1.82, 2.24) is 20.4 Å². The van der Waals surface area contributed by atoms with E-state index in [-0.39, 0.29) is 18.5 Å². The molecule has 1 atom stereocenters. The summed E-state index contributed by atoms with van der Waals surface area (Å²) in [6, 6.07) is 15.1. The minimum atomic E-state index is -0.811. The highest BCUT2D eigenvalue weighted by Crippen LogP contribution is 2.21. The van der Waals surface area contributed by atoms with Crippen LogP contribution in [0.2, 0.25) is 0 Å². The number of amides is 2. The Morgan fingerprint density at radius 2 is 1.94 bits per heavy atom. The average molecular weight is 436 g/mol. The number of rotatable bonds is 6. The Balaban J connectivity index is 1.27. The summed E-state index contributed by atoms with van der Waals surface area (Å²) in [6.45, 7) is 1.75. The van der Waals surface area contributed by atoms with Gasteiger partial charge in [0.2, 0.25) is 5.91 Å². The molecule has 2 aromatic heterocycles. The topological polar surface area (TPSA) is 102 Å². The van der Waals surface area contributed by atoms with Crippen LogP contribution in [-0.4, -0.2) is 27.5 Å². The molecule has 1 unspecified atom stereocenters. The fourth-order valence-corrected chi connectivity index (χ4v) is 3.79. The molecule has 0 aliphatic rings. The lowest BCUT2D eigenvalue weighted by Gasteiger charge is -2.15. The number of ether oxygens (including phenoxy) is 1. The maximum Gasteiger partial charge on any atom is 0.279 e. The summed E-state index contributed by atoms with van der Waals surface area (Å²) >= 11 is 1.39. The summed E-state index contributed by atoms with van der Waals surface area (Å²) in [6.07, 6.45) is 0.624. The fraction of sp³-hybridized carbons (Fsp3) is 0.182. The molecule has 31 heavy (non-hydrogen) atoms. The van der Waals surface area contributed by atoms with Gasteiger partial charge in [-0.3, -0.25) is 29.8 Å². The van der Waals surface area contributed by atoms with Crippen molar-refractivity contribution in [3.8, 4) is 5.75 Å². The number of fused-ring (bicyclic) bond motifs is 2. The Bertz CT molecular complexity index is 1310. The van der Waals surface area contributed by atoms with Crippen LogP contribution in [0.4, 0.5) is 0 Å². The monoisotopic (exact) mass is 436 g/mol. The van der Waals surface area contributed by atoms with Crippen LogP contribution >= 0.6 is 11.3 Å². The highest BCUT2D eigenvalue weighted by atomic mass is 32.1. The van der Waals surface area contributed by atoms with Crippen molar-refractivity contribution in [2.45, 2.75) is 26.0 Å². The van der Waals surface area contributed by atoms with E-state index in [0.29, 0.717) is 16.0 Å². The molecule has 0 saturated heterocycles. The first-order valence-corrected chi connectivity index (χ1v) is 10.6. The van der Waals surface area contributed by atoms with Crippen molar-refractivity contribution >= 4 is 44.1 Å². The predicted molar refractivity (Wildman–Crippen MR) is 119 cm³/mol. The second-order valence-electron chi connectivity index (χ2n) is 6.94. The number of aromatic nitrogens is 2. The van der Waals surface area contributed by atoms with Gasteiger partial charge < -0.3 is 4.74 Å². The number of aryl methyl sites for hydroxylation is 1. The van der Waals surface area contributed by atoms with Crippen LogP contribution in [0.15, 0.2) is 65.0 Å². The highest BCUT2D eigenvalue weighted by Gasteiger charge is 2.16. The van der Waals surface area contributed by atoms with Crippen LogP contribution in [0.3, 0.4) is 0 Å². The Labute approximate surface area is 181 Å². The smallest absolute Gasteiger partial charge is 0.279 e. The number of nitrogens with zero attached hydrogens (tertiary/aromatic N) is 2. The zero-order valence-corrected chi connectivity index (χ0v) is 17.5. The zero-order valence-electron chi connectivity index (χ0n) is 16.7. The molecule has 0 aliphatic heterocycles. The third-order valence-corrected chi connectivity index (χ3v) is 5.58. The lowest BCUT2D eigenvalue weighted by Crippen LogP contribution is -2.47. The summed E-state index contributed by atoms with van der Waals surface area (Å²) in [5, 5.41) is 4.41. The van der Waals surface area contributed by atoms with Crippen molar-refractivity contribution in [3.63, 3.8) is 0 Å². The van der Waals surface area contributed by atoms with Crippen LogP contribution in [0, 0.1) is 0 Å². The lowest BCUT2D eigenvalue weighted by atomic mass is 10.1. The predicted octanol–water partition coefficient (Wildman–Crippen LogP) is 2.62. The molecular weight excluding hydrogens is 416 g/mol. The van der Waals surface area contributed by atoms with Gasteiger partial charge in [0.1, 0.15) is 10.6 Å². The molecule has 4 rings (SSSR count). The van der Waals surface area contributed by atoms with E-state index in [1.807, 2.05) is 36.4 Å². The first-order chi connectivity index (χ1) is 15.0. The molecule has 2 heterocycles. The maximum atomic E-state index is 12.3. The van der Waals surface area contributed by atoms with E-state index in [2.05, 4.69) is 15.8 Å². The van der Waals surface area contributed by atoms with Crippen LogP contribution in [-0.2, 0) is 16.1 Å². The summed E-state index contributed by atoms with van der Waals surface area (Å²) in [5.74, 6) is -0.355. The molecular formula is C22H20N4O4S. The summed E-state index contributed by atoms with van der Waals surface area (Å²) in [5.41, 5.74) is 4.51. The maximum absolute atomic E-state index is 12.3. The van der Waals surface area contributed by atoms with Gasteiger partial charge in [0.25, 0.3) is 11.5 Å². The minimum absolute atomic E-state index is 0.0113. The van der Waals surface area contributed by atoms with Crippen molar-refractivity contribution in [3.05, 3.63) is 70.6 Å². The molecule has 4 aromatic rings. The van der Waals surface area contributed by atoms with Gasteiger partial charge in [-0.1, -0.05) is 30.3 Å². The van der Waals surface area contributed by atoms with Gasteiger partial charge in [0.15, 0.2) is 6.10 Å². The lowest BCUT2D eigenvalue weighted by molar-refractivity contribution is -0.132. The first-order valence-electron chi connectivity index (χ1n) is 9.68. The van der Waals surface area contributed by atoms with Crippen LogP contribution in [0.5, 0.6) is 5.75 Å². The summed E-state index contributed by atoms with van der Waals surface area (Å²) in [4.78, 5) is 41.5. The molecule has 0 radical (unpaired) electrons. The van der Waals surface area contributed by atoms with E-state index < -0.39 is 17.9 Å². The molecule has 8 nitrogen and oxygen atoms in total. The summed E-state index contributed by atoms with van der Waals surface area (Å²) in [7, 11) is 0. The van der Waals surface area contributed by atoms with Crippen LogP contribution in [0.1, 0.15) is 13.3 Å². The summed E-state index contributed by atoms with van der Waals surface area (Å²) < 4.78 is 7.06. The average Bonchev–Trinajstić information content (AvgIpc) is 3.26. The van der Waals surface area contributed by atoms with E-state index in [1.54, 1.807) is 24.4 Å². The van der Waals surface area contributed by atoms with Crippen molar-refractivity contribution in [2.24, 2.45) is 0 Å². The number of nitrogens with one attached hydrogen (secondary N) is 2. The molecule has 0 bridgehead atoms. The Kier molecular flexibility index (Phi) is 5.94. The molecule has 2 N–H and O–H groups in total. The second kappa shape index (κ2) is 8.97.